The summed E-state index contributed by atoms with van der Waals surface area (Å²) in [6, 6.07) is 0. The normalized spacial score (nSPS) is 16.8. The molecule has 0 bridgehead atoms. The summed E-state index contributed by atoms with van der Waals surface area (Å²) < 4.78 is 93.4. The lowest BCUT2D eigenvalue weighted by Gasteiger charge is -2.38. The van der Waals surface area contributed by atoms with Crippen LogP contribution in [0.3, 0.4) is 0 Å². The molecule has 58 heavy (non-hydrogen) atoms. The number of carbonyl (C=O) groups is 2. The van der Waals surface area contributed by atoms with Crippen molar-refractivity contribution in [3.63, 3.8) is 0 Å². The molecule has 0 aromatic carbocycles. The van der Waals surface area contributed by atoms with Gasteiger partial charge in [0.1, 0.15) is 0 Å². The van der Waals surface area contributed by atoms with Gasteiger partial charge in [-0.25, -0.2) is 30.7 Å². The van der Waals surface area contributed by atoms with Gasteiger partial charge >= 0.3 is 5.97 Å². The molecular weight excluding hydrogens is 761 g/mol. The predicted octanol–water partition coefficient (Wildman–Crippen LogP) is 16.4. The van der Waals surface area contributed by atoms with Crippen molar-refractivity contribution >= 4 is 11.8 Å². The van der Waals surface area contributed by atoms with Crippen molar-refractivity contribution in [2.24, 2.45) is 38.4 Å². The van der Waals surface area contributed by atoms with E-state index in [1.165, 1.54) is 20.8 Å². The van der Waals surface area contributed by atoms with E-state index in [4.69, 9.17) is 9.84 Å². The number of carboxylic acid groups (broad SMARTS) is 1. The molecule has 0 amide bonds. The summed E-state index contributed by atoms with van der Waals surface area (Å²) in [5.74, 6) is -6.29. The van der Waals surface area contributed by atoms with Crippen LogP contribution in [0.2, 0.25) is 0 Å². The van der Waals surface area contributed by atoms with Crippen LogP contribution in [0.5, 0.6) is 0 Å². The maximum absolute atomic E-state index is 13.4. The highest BCUT2D eigenvalue weighted by Crippen LogP contribution is 2.36. The van der Waals surface area contributed by atoms with Crippen molar-refractivity contribution in [1.29, 1.82) is 0 Å². The van der Waals surface area contributed by atoms with Gasteiger partial charge in [0.2, 0.25) is 11.8 Å². The first-order valence-corrected chi connectivity index (χ1v) is 20.9. The molecular formula is C47H93F7O4. The fourth-order valence-electron chi connectivity index (χ4n) is 6.18. The van der Waals surface area contributed by atoms with E-state index in [1.54, 1.807) is 13.8 Å². The van der Waals surface area contributed by atoms with Gasteiger partial charge in [0.05, 0.1) is 25.3 Å². The molecule has 1 fully saturated rings. The first kappa shape index (κ1) is 65.7. The van der Waals surface area contributed by atoms with Crippen molar-refractivity contribution in [2.75, 3.05) is 13.2 Å². The number of rotatable bonds is 9. The van der Waals surface area contributed by atoms with Crippen molar-refractivity contribution in [1.82, 2.24) is 0 Å². The molecule has 0 aliphatic carbocycles. The minimum atomic E-state index is -2.52. The Morgan fingerprint density at radius 1 is 0.603 bits per heavy atom. The Morgan fingerprint density at radius 2 is 0.948 bits per heavy atom. The van der Waals surface area contributed by atoms with E-state index in [9.17, 15) is 40.3 Å². The van der Waals surface area contributed by atoms with E-state index in [1.807, 2.05) is 125 Å². The number of Topliss-reactive ketones (excluding diaryl/α,β-unsaturated/α-hetero) is 1. The molecule has 1 N–H and O–H groups in total. The van der Waals surface area contributed by atoms with Gasteiger partial charge in [0.15, 0.2) is 17.1 Å². The Labute approximate surface area is 353 Å². The summed E-state index contributed by atoms with van der Waals surface area (Å²) in [5.41, 5.74) is -2.98. The quantitative estimate of drug-likeness (QED) is 0.235. The van der Waals surface area contributed by atoms with Gasteiger partial charge in [-0.05, 0) is 85.9 Å². The van der Waals surface area contributed by atoms with Crippen molar-refractivity contribution in [3.05, 3.63) is 0 Å². The van der Waals surface area contributed by atoms with E-state index in [2.05, 4.69) is 0 Å². The summed E-state index contributed by atoms with van der Waals surface area (Å²) in [6.07, 6.45) is 1.53. The molecule has 3 unspecified atom stereocenters. The lowest BCUT2D eigenvalue weighted by Crippen LogP contribution is -2.47. The molecule has 4 nitrogen and oxygen atoms in total. The third-order valence-electron chi connectivity index (χ3n) is 7.55. The van der Waals surface area contributed by atoms with E-state index < -0.39 is 35.3 Å². The topological polar surface area (TPSA) is 63.6 Å². The smallest absolute Gasteiger partial charge is 0.306 e. The van der Waals surface area contributed by atoms with Gasteiger partial charge in [-0.2, -0.15) is 0 Å². The summed E-state index contributed by atoms with van der Waals surface area (Å²) >= 11 is 0. The Kier molecular flexibility index (Phi) is 28.9. The molecule has 0 saturated carbocycles. The number of hydrogen-bond donors (Lipinski definition) is 1. The Hall–Kier alpha value is -1.39. The van der Waals surface area contributed by atoms with E-state index >= 15 is 0 Å². The molecule has 0 aromatic heterocycles. The van der Waals surface area contributed by atoms with Crippen LogP contribution >= 0.6 is 0 Å². The molecule has 0 radical (unpaired) electrons. The molecule has 0 aromatic rings. The van der Waals surface area contributed by atoms with Crippen LogP contribution in [0.1, 0.15) is 211 Å². The predicted molar refractivity (Wildman–Crippen MR) is 233 cm³/mol. The summed E-state index contributed by atoms with van der Waals surface area (Å²) in [5, 5.41) is 8.55. The van der Waals surface area contributed by atoms with Crippen molar-refractivity contribution in [3.8, 4) is 0 Å². The number of alkyl halides is 7. The molecule has 1 aliphatic rings. The molecule has 1 aliphatic heterocycles. The standard InChI is InChI=1S/C9H17FO.C8H16F2.C8H15FO.C8H16O2.C7H14F2.C7H15F/c1-7(11)9(5,10)6-8(2,3)4;1-5-8(9,10)6-7(2,3)4;1-7(2,3)4-8(9)5-10-6-8;1-6(7(9)10)5-8(2,3)4;1-6(2,3)5-7(4,8)9;1-6(8)5-7(2,3)4/h6H2,1-5H3;5-6H2,1-4H3;4-6H2,1-3H3;6H,5H2,1-4H3,(H,9,10);5H2,1-4H3;6H,5H2,1-4H3. The highest BCUT2D eigenvalue weighted by Gasteiger charge is 2.41. The molecule has 1 rings (SSSR count). The second kappa shape index (κ2) is 25.5. The zero-order valence-electron chi connectivity index (χ0n) is 41.8. The molecule has 1 heterocycles. The number of hydrogen-bond acceptors (Lipinski definition) is 3. The van der Waals surface area contributed by atoms with Gasteiger partial charge in [0, 0.05) is 19.3 Å². The number of carboxylic acids is 1. The number of carbonyl (C=O) groups excluding carboxylic acids is 1. The average Bonchev–Trinajstić information content (AvgIpc) is 2.81. The largest absolute Gasteiger partial charge is 0.481 e. The van der Waals surface area contributed by atoms with Gasteiger partial charge < -0.3 is 9.84 Å². The van der Waals surface area contributed by atoms with Crippen LogP contribution in [-0.4, -0.2) is 59.4 Å². The molecule has 0 spiro atoms. The van der Waals surface area contributed by atoms with Gasteiger partial charge in [0.25, 0.3) is 0 Å². The second-order valence-corrected chi connectivity index (χ2v) is 24.2. The fraction of sp³-hybridized carbons (Fsp3) is 0.957. The van der Waals surface area contributed by atoms with E-state index in [0.717, 1.165) is 13.3 Å². The molecule has 354 valence electrons. The minimum absolute atomic E-state index is 0.0174. The monoisotopic (exact) mass is 855 g/mol. The van der Waals surface area contributed by atoms with Crippen LogP contribution in [-0.2, 0) is 14.3 Å². The van der Waals surface area contributed by atoms with Crippen molar-refractivity contribution < 1.29 is 50.2 Å². The Balaban J connectivity index is -0.000000194. The van der Waals surface area contributed by atoms with Crippen LogP contribution < -0.4 is 0 Å². The van der Waals surface area contributed by atoms with Crippen molar-refractivity contribution in [2.45, 2.75) is 240 Å². The molecule has 11 heteroatoms. The SMILES string of the molecule is CC(=O)C(C)(F)CC(C)(C)C.CC(C)(C)CC(C)(F)F.CC(C)(C)CC1(F)COC1.CC(CC(C)(C)C)C(=O)O.CC(F)CC(C)(C)C.CCC(F)(F)CC(C)(C)C. The maximum atomic E-state index is 13.4. The van der Waals surface area contributed by atoms with Crippen LogP contribution in [0.4, 0.5) is 30.7 Å². The summed E-state index contributed by atoms with van der Waals surface area (Å²) in [4.78, 5) is 21.1. The van der Waals surface area contributed by atoms with Gasteiger partial charge in [-0.15, -0.1) is 0 Å². The van der Waals surface area contributed by atoms with Crippen LogP contribution in [0.15, 0.2) is 0 Å². The van der Waals surface area contributed by atoms with Crippen LogP contribution in [0.25, 0.3) is 0 Å². The third kappa shape index (κ3) is 54.6. The average molecular weight is 855 g/mol. The minimum Gasteiger partial charge on any atom is -0.481 e. The number of halogens is 7. The highest BCUT2D eigenvalue weighted by molar-refractivity contribution is 5.84. The van der Waals surface area contributed by atoms with E-state index in [0.29, 0.717) is 26.1 Å². The first-order valence-electron chi connectivity index (χ1n) is 20.9. The number of ether oxygens (including phenoxy) is 1. The Bertz CT molecular complexity index is 1060. The maximum Gasteiger partial charge on any atom is 0.306 e. The zero-order chi connectivity index (χ0) is 48.4. The third-order valence-corrected chi connectivity index (χ3v) is 7.55. The van der Waals surface area contributed by atoms with Gasteiger partial charge in [-0.1, -0.05) is 138 Å². The van der Waals surface area contributed by atoms with Gasteiger partial charge in [-0.3, -0.25) is 9.59 Å². The zero-order valence-corrected chi connectivity index (χ0v) is 41.8. The Morgan fingerprint density at radius 3 is 1.02 bits per heavy atom. The lowest BCUT2D eigenvalue weighted by molar-refractivity contribution is -0.145. The summed E-state index contributed by atoms with van der Waals surface area (Å²) in [7, 11) is 0. The van der Waals surface area contributed by atoms with Crippen LogP contribution in [0, 0.1) is 38.4 Å². The first-order chi connectivity index (χ1) is 24.8. The number of ketones is 1. The van der Waals surface area contributed by atoms with E-state index in [-0.39, 0.29) is 69.9 Å². The highest BCUT2D eigenvalue weighted by atomic mass is 19.3. The summed E-state index contributed by atoms with van der Waals surface area (Å²) in [6.45, 7) is 44.2. The fourth-order valence-corrected chi connectivity index (χ4v) is 6.18. The molecule has 3 atom stereocenters. The molecule has 1 saturated heterocycles. The lowest BCUT2D eigenvalue weighted by atomic mass is 9.82. The number of aliphatic carboxylic acids is 1. The second-order valence-electron chi connectivity index (χ2n) is 24.2.